The van der Waals surface area contributed by atoms with E-state index in [1.807, 2.05) is 24.3 Å². The SMILES string of the molecule is CC(C)c1ccc(C2C3=C(CCCC3=O)NC3NC(SCc4ccccc4Cl)NC(=O)C32)cc1. The molecule has 3 aliphatic rings. The summed E-state index contributed by atoms with van der Waals surface area (Å²) in [5.41, 5.74) is 4.86. The molecule has 4 unspecified atom stereocenters. The summed E-state index contributed by atoms with van der Waals surface area (Å²) in [4.78, 5) is 26.6. The van der Waals surface area contributed by atoms with E-state index in [1.54, 1.807) is 11.8 Å². The topological polar surface area (TPSA) is 70.2 Å². The highest BCUT2D eigenvalue weighted by atomic mass is 35.5. The van der Waals surface area contributed by atoms with Gasteiger partial charge in [-0.1, -0.05) is 67.9 Å². The van der Waals surface area contributed by atoms with Crippen LogP contribution in [0, 0.1) is 5.92 Å². The Bertz CT molecular complexity index is 1130. The molecule has 0 spiro atoms. The number of amides is 1. The molecule has 3 N–H and O–H groups in total. The summed E-state index contributed by atoms with van der Waals surface area (Å²) in [6.07, 6.45) is 1.99. The molecular weight excluding hydrogens is 466 g/mol. The fourth-order valence-electron chi connectivity index (χ4n) is 5.24. The lowest BCUT2D eigenvalue weighted by atomic mass is 9.70. The number of fused-ring (bicyclic) bond motifs is 1. The van der Waals surface area contributed by atoms with E-state index in [1.165, 1.54) is 5.56 Å². The second-order valence-corrected chi connectivity index (χ2v) is 11.1. The first kappa shape index (κ1) is 23.5. The molecule has 0 saturated carbocycles. The fourth-order valence-corrected chi connectivity index (χ4v) is 6.56. The third kappa shape index (κ3) is 4.51. The van der Waals surface area contributed by atoms with Gasteiger partial charge in [-0.05, 0) is 41.5 Å². The number of Topliss-reactive ketones (excluding diaryl/α,β-unsaturated/α-hetero) is 1. The lowest BCUT2D eigenvalue weighted by molar-refractivity contribution is -0.130. The highest BCUT2D eigenvalue weighted by Gasteiger charge is 2.49. The Hall–Kier alpha value is -2.28. The largest absolute Gasteiger partial charge is 0.372 e. The van der Waals surface area contributed by atoms with E-state index in [0.29, 0.717) is 18.1 Å². The maximum Gasteiger partial charge on any atom is 0.229 e. The van der Waals surface area contributed by atoms with Crippen molar-refractivity contribution in [1.82, 2.24) is 16.0 Å². The molecule has 34 heavy (non-hydrogen) atoms. The lowest BCUT2D eigenvalue weighted by Gasteiger charge is -2.47. The minimum Gasteiger partial charge on any atom is -0.372 e. The standard InChI is InChI=1S/C27H30ClN3O2S/c1-15(2)16-10-12-17(13-11-16)22-23-20(8-5-9-21(23)32)29-25-24(22)26(33)31-27(30-25)34-14-18-6-3-4-7-19(18)28/h3-4,6-7,10-13,15,22,24-25,27,29-30H,5,8-9,14H2,1-2H3,(H,31,33). The number of allylic oxidation sites excluding steroid dienone is 2. The summed E-state index contributed by atoms with van der Waals surface area (Å²) in [7, 11) is 0. The quantitative estimate of drug-likeness (QED) is 0.542. The molecule has 2 aromatic carbocycles. The van der Waals surface area contributed by atoms with Crippen molar-refractivity contribution in [2.24, 2.45) is 5.92 Å². The molecule has 4 atom stereocenters. The Morgan fingerprint density at radius 2 is 1.79 bits per heavy atom. The maximum absolute atomic E-state index is 13.5. The van der Waals surface area contributed by atoms with E-state index in [-0.39, 0.29) is 29.3 Å². The molecule has 0 radical (unpaired) electrons. The van der Waals surface area contributed by atoms with Crippen LogP contribution in [-0.2, 0) is 15.3 Å². The zero-order chi connectivity index (χ0) is 23.8. The van der Waals surface area contributed by atoms with Gasteiger partial charge in [0.15, 0.2) is 5.78 Å². The Kier molecular flexibility index (Phi) is 6.74. The maximum atomic E-state index is 13.5. The highest BCUT2D eigenvalue weighted by Crippen LogP contribution is 2.44. The molecule has 1 saturated heterocycles. The predicted octanol–water partition coefficient (Wildman–Crippen LogP) is 5.04. The van der Waals surface area contributed by atoms with E-state index in [4.69, 9.17) is 11.6 Å². The third-order valence-corrected chi connectivity index (χ3v) is 8.48. The molecule has 0 bridgehead atoms. The smallest absolute Gasteiger partial charge is 0.229 e. The molecule has 2 aliphatic heterocycles. The molecule has 1 fully saturated rings. The Morgan fingerprint density at radius 1 is 1.03 bits per heavy atom. The van der Waals surface area contributed by atoms with E-state index in [9.17, 15) is 9.59 Å². The van der Waals surface area contributed by atoms with Crippen molar-refractivity contribution >= 4 is 35.1 Å². The summed E-state index contributed by atoms with van der Waals surface area (Å²) < 4.78 is 0. The fraction of sp³-hybridized carbons (Fsp3) is 0.407. The Morgan fingerprint density at radius 3 is 2.53 bits per heavy atom. The second-order valence-electron chi connectivity index (χ2n) is 9.57. The Labute approximate surface area is 210 Å². The zero-order valence-electron chi connectivity index (χ0n) is 19.4. The van der Waals surface area contributed by atoms with Crippen molar-refractivity contribution in [3.63, 3.8) is 0 Å². The van der Waals surface area contributed by atoms with Gasteiger partial charge in [0, 0.05) is 34.4 Å². The van der Waals surface area contributed by atoms with Crippen molar-refractivity contribution in [1.29, 1.82) is 0 Å². The average molecular weight is 496 g/mol. The molecule has 2 aromatic rings. The monoisotopic (exact) mass is 495 g/mol. The van der Waals surface area contributed by atoms with Gasteiger partial charge in [-0.3, -0.25) is 14.9 Å². The van der Waals surface area contributed by atoms with Gasteiger partial charge in [-0.25, -0.2) is 0 Å². The second kappa shape index (κ2) is 9.76. The van der Waals surface area contributed by atoms with E-state index in [0.717, 1.165) is 40.3 Å². The number of thioether (sulfide) groups is 1. The van der Waals surface area contributed by atoms with Crippen LogP contribution in [0.1, 0.15) is 61.6 Å². The van der Waals surface area contributed by atoms with Gasteiger partial charge < -0.3 is 10.6 Å². The van der Waals surface area contributed by atoms with Gasteiger partial charge in [0.2, 0.25) is 5.91 Å². The van der Waals surface area contributed by atoms with Crippen molar-refractivity contribution in [2.75, 3.05) is 0 Å². The number of ketones is 1. The third-order valence-electron chi connectivity index (χ3n) is 7.05. The van der Waals surface area contributed by atoms with Crippen LogP contribution < -0.4 is 16.0 Å². The number of rotatable bonds is 5. The summed E-state index contributed by atoms with van der Waals surface area (Å²) >= 11 is 7.92. The summed E-state index contributed by atoms with van der Waals surface area (Å²) in [5.74, 6) is 0.585. The molecule has 1 aliphatic carbocycles. The normalized spacial score (nSPS) is 26.6. The molecular formula is C27H30ClN3O2S. The molecule has 2 heterocycles. The molecule has 0 aromatic heterocycles. The number of carbonyl (C=O) groups is 2. The zero-order valence-corrected chi connectivity index (χ0v) is 21.0. The average Bonchev–Trinajstić information content (AvgIpc) is 2.82. The van der Waals surface area contributed by atoms with Crippen molar-refractivity contribution in [3.05, 3.63) is 81.5 Å². The van der Waals surface area contributed by atoms with Crippen LogP contribution in [0.4, 0.5) is 0 Å². The minimum absolute atomic E-state index is 0.0317. The van der Waals surface area contributed by atoms with Gasteiger partial charge in [0.25, 0.3) is 0 Å². The van der Waals surface area contributed by atoms with E-state index >= 15 is 0 Å². The van der Waals surface area contributed by atoms with Gasteiger partial charge >= 0.3 is 0 Å². The lowest BCUT2D eigenvalue weighted by Crippen LogP contribution is -2.67. The first-order chi connectivity index (χ1) is 16.4. The number of hydrogen-bond donors (Lipinski definition) is 3. The van der Waals surface area contributed by atoms with Gasteiger partial charge in [-0.2, -0.15) is 0 Å². The number of nitrogens with one attached hydrogen (secondary N) is 3. The number of benzene rings is 2. The minimum atomic E-state index is -0.400. The van der Waals surface area contributed by atoms with Crippen LogP contribution in [0.25, 0.3) is 0 Å². The number of hydrogen-bond acceptors (Lipinski definition) is 5. The van der Waals surface area contributed by atoms with Crippen LogP contribution in [0.15, 0.2) is 59.8 Å². The van der Waals surface area contributed by atoms with Crippen LogP contribution in [-0.4, -0.2) is 23.4 Å². The van der Waals surface area contributed by atoms with E-state index < -0.39 is 5.92 Å². The predicted molar refractivity (Wildman–Crippen MR) is 137 cm³/mol. The van der Waals surface area contributed by atoms with Gasteiger partial charge in [0.05, 0.1) is 12.1 Å². The van der Waals surface area contributed by atoms with Gasteiger partial charge in [0.1, 0.15) is 5.50 Å². The van der Waals surface area contributed by atoms with Crippen molar-refractivity contribution < 1.29 is 9.59 Å². The highest BCUT2D eigenvalue weighted by molar-refractivity contribution is 7.99. The van der Waals surface area contributed by atoms with Crippen molar-refractivity contribution in [2.45, 2.75) is 62.4 Å². The Balaban J connectivity index is 1.43. The summed E-state index contributed by atoms with van der Waals surface area (Å²) in [5, 5.41) is 11.0. The summed E-state index contributed by atoms with van der Waals surface area (Å²) in [6.45, 7) is 4.33. The number of halogens is 1. The number of carbonyl (C=O) groups excluding carboxylic acids is 2. The first-order valence-electron chi connectivity index (χ1n) is 12.0. The molecule has 5 nitrogen and oxygen atoms in total. The molecule has 178 valence electrons. The molecule has 5 rings (SSSR count). The summed E-state index contributed by atoms with van der Waals surface area (Å²) in [6, 6.07) is 16.2. The van der Waals surface area contributed by atoms with E-state index in [2.05, 4.69) is 54.1 Å². The van der Waals surface area contributed by atoms with Gasteiger partial charge in [-0.15, -0.1) is 11.8 Å². The van der Waals surface area contributed by atoms with Crippen LogP contribution in [0.3, 0.4) is 0 Å². The molecule has 7 heteroatoms. The van der Waals surface area contributed by atoms with Crippen molar-refractivity contribution in [3.8, 4) is 0 Å². The van der Waals surface area contributed by atoms with Crippen LogP contribution in [0.5, 0.6) is 0 Å². The first-order valence-corrected chi connectivity index (χ1v) is 13.4. The van der Waals surface area contributed by atoms with Crippen LogP contribution >= 0.6 is 23.4 Å². The van der Waals surface area contributed by atoms with Crippen LogP contribution in [0.2, 0.25) is 5.02 Å². The molecule has 1 amide bonds.